The SMILES string of the molecule is Cc1cccnc1CN1CCN(CCOc2cccc(C)c2C)CC1. The third kappa shape index (κ3) is 4.80. The minimum Gasteiger partial charge on any atom is -0.492 e. The van der Waals surface area contributed by atoms with Crippen LogP contribution < -0.4 is 4.74 Å². The molecule has 1 fully saturated rings. The van der Waals surface area contributed by atoms with Gasteiger partial charge in [-0.25, -0.2) is 0 Å². The number of ether oxygens (including phenoxy) is 1. The highest BCUT2D eigenvalue weighted by Crippen LogP contribution is 2.20. The summed E-state index contributed by atoms with van der Waals surface area (Å²) in [6, 6.07) is 10.4. The highest BCUT2D eigenvalue weighted by molar-refractivity contribution is 5.38. The first kappa shape index (κ1) is 17.9. The molecule has 4 nitrogen and oxygen atoms in total. The predicted octanol–water partition coefficient (Wildman–Crippen LogP) is 3.20. The van der Waals surface area contributed by atoms with Gasteiger partial charge >= 0.3 is 0 Å². The van der Waals surface area contributed by atoms with Gasteiger partial charge in [-0.15, -0.1) is 0 Å². The lowest BCUT2D eigenvalue weighted by atomic mass is 10.1. The van der Waals surface area contributed by atoms with Crippen molar-refractivity contribution in [3.63, 3.8) is 0 Å². The zero-order valence-corrected chi connectivity index (χ0v) is 15.7. The average Bonchev–Trinajstić information content (AvgIpc) is 2.62. The van der Waals surface area contributed by atoms with E-state index in [4.69, 9.17) is 4.74 Å². The zero-order valence-electron chi connectivity index (χ0n) is 15.7. The Kier molecular flexibility index (Phi) is 6.05. The molecule has 0 spiro atoms. The Labute approximate surface area is 151 Å². The van der Waals surface area contributed by atoms with Crippen molar-refractivity contribution in [1.82, 2.24) is 14.8 Å². The highest BCUT2D eigenvalue weighted by Gasteiger charge is 2.17. The summed E-state index contributed by atoms with van der Waals surface area (Å²) in [5.41, 5.74) is 5.02. The average molecular weight is 339 g/mol. The minimum atomic E-state index is 0.754. The van der Waals surface area contributed by atoms with E-state index in [1.807, 2.05) is 12.3 Å². The van der Waals surface area contributed by atoms with E-state index in [-0.39, 0.29) is 0 Å². The van der Waals surface area contributed by atoms with Crippen LogP contribution in [-0.2, 0) is 6.54 Å². The molecule has 25 heavy (non-hydrogen) atoms. The van der Waals surface area contributed by atoms with E-state index in [9.17, 15) is 0 Å². The Morgan fingerprint density at radius 1 is 0.920 bits per heavy atom. The van der Waals surface area contributed by atoms with Gasteiger partial charge in [0.05, 0.1) is 5.69 Å². The number of benzene rings is 1. The van der Waals surface area contributed by atoms with Crippen molar-refractivity contribution in [1.29, 1.82) is 0 Å². The van der Waals surface area contributed by atoms with Crippen molar-refractivity contribution in [2.75, 3.05) is 39.3 Å². The Morgan fingerprint density at radius 3 is 2.40 bits per heavy atom. The molecule has 1 aliphatic heterocycles. The molecule has 0 aliphatic carbocycles. The summed E-state index contributed by atoms with van der Waals surface area (Å²) in [7, 11) is 0. The second-order valence-corrected chi connectivity index (χ2v) is 6.93. The van der Waals surface area contributed by atoms with E-state index in [1.165, 1.54) is 22.4 Å². The first-order chi connectivity index (χ1) is 12.1. The number of aryl methyl sites for hydroxylation is 2. The van der Waals surface area contributed by atoms with Gasteiger partial charge in [0.25, 0.3) is 0 Å². The fourth-order valence-corrected chi connectivity index (χ4v) is 3.23. The van der Waals surface area contributed by atoms with Crippen molar-refractivity contribution in [3.8, 4) is 5.75 Å². The van der Waals surface area contributed by atoms with Crippen molar-refractivity contribution < 1.29 is 4.74 Å². The number of hydrogen-bond acceptors (Lipinski definition) is 4. The van der Waals surface area contributed by atoms with Crippen molar-refractivity contribution in [2.45, 2.75) is 27.3 Å². The monoisotopic (exact) mass is 339 g/mol. The predicted molar refractivity (Wildman–Crippen MR) is 102 cm³/mol. The van der Waals surface area contributed by atoms with E-state index in [0.29, 0.717) is 0 Å². The van der Waals surface area contributed by atoms with Crippen molar-refractivity contribution >= 4 is 0 Å². The lowest BCUT2D eigenvalue weighted by Gasteiger charge is -2.34. The molecule has 2 heterocycles. The number of aromatic nitrogens is 1. The molecule has 0 N–H and O–H groups in total. The molecule has 134 valence electrons. The molecule has 3 rings (SSSR count). The maximum Gasteiger partial charge on any atom is 0.122 e. The van der Waals surface area contributed by atoms with E-state index >= 15 is 0 Å². The quantitative estimate of drug-likeness (QED) is 0.808. The molecule has 0 saturated carbocycles. The van der Waals surface area contributed by atoms with Gasteiger partial charge in [-0.3, -0.25) is 14.8 Å². The number of hydrogen-bond donors (Lipinski definition) is 0. The topological polar surface area (TPSA) is 28.6 Å². The number of nitrogens with zero attached hydrogens (tertiary/aromatic N) is 3. The van der Waals surface area contributed by atoms with Crippen LogP contribution in [0.25, 0.3) is 0 Å². The lowest BCUT2D eigenvalue weighted by molar-refractivity contribution is 0.111. The van der Waals surface area contributed by atoms with Crippen LogP contribution in [0, 0.1) is 20.8 Å². The van der Waals surface area contributed by atoms with Gasteiger partial charge in [-0.05, 0) is 49.6 Å². The third-order valence-corrected chi connectivity index (χ3v) is 5.18. The van der Waals surface area contributed by atoms with Crippen molar-refractivity contribution in [2.24, 2.45) is 0 Å². The molecular formula is C21H29N3O. The summed E-state index contributed by atoms with van der Waals surface area (Å²) in [4.78, 5) is 9.50. The van der Waals surface area contributed by atoms with Gasteiger partial charge in [-0.2, -0.15) is 0 Å². The summed E-state index contributed by atoms with van der Waals surface area (Å²) in [5, 5.41) is 0. The number of rotatable bonds is 6. The van der Waals surface area contributed by atoms with E-state index in [0.717, 1.165) is 51.6 Å². The lowest BCUT2D eigenvalue weighted by Crippen LogP contribution is -2.47. The molecule has 0 unspecified atom stereocenters. The second-order valence-electron chi connectivity index (χ2n) is 6.93. The molecule has 0 bridgehead atoms. The fourth-order valence-electron chi connectivity index (χ4n) is 3.23. The van der Waals surface area contributed by atoms with Gasteiger partial charge < -0.3 is 4.74 Å². The highest BCUT2D eigenvalue weighted by atomic mass is 16.5. The van der Waals surface area contributed by atoms with E-state index in [1.54, 1.807) is 0 Å². The maximum atomic E-state index is 5.99. The summed E-state index contributed by atoms with van der Waals surface area (Å²) in [6.07, 6.45) is 1.89. The third-order valence-electron chi connectivity index (χ3n) is 5.18. The van der Waals surface area contributed by atoms with Crippen LogP contribution in [0.4, 0.5) is 0 Å². The van der Waals surface area contributed by atoms with Crippen LogP contribution in [0.3, 0.4) is 0 Å². The minimum absolute atomic E-state index is 0.754. The normalized spacial score (nSPS) is 16.1. The Morgan fingerprint density at radius 2 is 1.64 bits per heavy atom. The van der Waals surface area contributed by atoms with Crippen LogP contribution >= 0.6 is 0 Å². The molecule has 1 saturated heterocycles. The molecule has 1 aromatic carbocycles. The molecule has 1 aromatic heterocycles. The van der Waals surface area contributed by atoms with Gasteiger partial charge in [0, 0.05) is 45.5 Å². The smallest absolute Gasteiger partial charge is 0.122 e. The summed E-state index contributed by atoms with van der Waals surface area (Å²) < 4.78 is 5.99. The summed E-state index contributed by atoms with van der Waals surface area (Å²) in [6.45, 7) is 13.5. The zero-order chi connectivity index (χ0) is 17.6. The Balaban J connectivity index is 1.41. The molecule has 2 aromatic rings. The maximum absolute atomic E-state index is 5.99. The molecular weight excluding hydrogens is 310 g/mol. The fraction of sp³-hybridized carbons (Fsp3) is 0.476. The van der Waals surface area contributed by atoms with Gasteiger partial charge in [0.15, 0.2) is 0 Å². The van der Waals surface area contributed by atoms with Crippen LogP contribution in [0.5, 0.6) is 5.75 Å². The van der Waals surface area contributed by atoms with Gasteiger partial charge in [0.1, 0.15) is 12.4 Å². The van der Waals surface area contributed by atoms with Gasteiger partial charge in [0.2, 0.25) is 0 Å². The molecule has 0 amide bonds. The van der Waals surface area contributed by atoms with E-state index in [2.05, 4.69) is 59.8 Å². The molecule has 1 aliphatic rings. The Bertz CT molecular complexity index is 693. The summed E-state index contributed by atoms with van der Waals surface area (Å²) in [5.74, 6) is 1.02. The van der Waals surface area contributed by atoms with E-state index < -0.39 is 0 Å². The van der Waals surface area contributed by atoms with Crippen molar-refractivity contribution in [3.05, 3.63) is 58.9 Å². The Hall–Kier alpha value is -1.91. The first-order valence-electron chi connectivity index (χ1n) is 9.17. The molecule has 0 atom stereocenters. The largest absolute Gasteiger partial charge is 0.492 e. The van der Waals surface area contributed by atoms with Crippen LogP contribution in [0.1, 0.15) is 22.4 Å². The number of pyridine rings is 1. The number of piperazine rings is 1. The molecule has 0 radical (unpaired) electrons. The molecule has 4 heteroatoms. The van der Waals surface area contributed by atoms with Crippen LogP contribution in [0.15, 0.2) is 36.5 Å². The van der Waals surface area contributed by atoms with Crippen LogP contribution in [0.2, 0.25) is 0 Å². The van der Waals surface area contributed by atoms with Crippen LogP contribution in [-0.4, -0.2) is 54.1 Å². The first-order valence-corrected chi connectivity index (χ1v) is 9.17. The standard InChI is InChI=1S/C21H29N3O/c1-17-6-4-8-21(19(17)3)25-15-14-23-10-12-24(13-11-23)16-20-18(2)7-5-9-22-20/h4-9H,10-16H2,1-3H3. The van der Waals surface area contributed by atoms with Gasteiger partial charge in [-0.1, -0.05) is 18.2 Å². The summed E-state index contributed by atoms with van der Waals surface area (Å²) >= 11 is 0. The second kappa shape index (κ2) is 8.45.